The Bertz CT molecular complexity index is 6920. The highest BCUT2D eigenvalue weighted by molar-refractivity contribution is 7.27. The monoisotopic (exact) mass is 1460 g/mol. The largest absolute Gasteiger partial charge is 0.310 e. The van der Waals surface area contributed by atoms with Crippen molar-refractivity contribution >= 4 is 119 Å². The number of fused-ring (bicyclic) bond motifs is 10. The van der Waals surface area contributed by atoms with E-state index < -0.39 is 0 Å². The van der Waals surface area contributed by atoms with E-state index in [0.29, 0.717) is 0 Å². The van der Waals surface area contributed by atoms with E-state index in [1.165, 1.54) is 152 Å². The summed E-state index contributed by atoms with van der Waals surface area (Å²) in [4.78, 5) is 4.76. The fraction of sp³-hybridized carbons (Fsp3) is 0. The fourth-order valence-corrected chi connectivity index (χ4v) is 19.0. The zero-order valence-electron chi connectivity index (χ0n) is 61.2. The maximum absolute atomic E-state index is 2.43. The highest BCUT2D eigenvalue weighted by Crippen LogP contribution is 2.50. The summed E-state index contributed by atoms with van der Waals surface area (Å²) < 4.78 is 10.1. The van der Waals surface area contributed by atoms with Crippen molar-refractivity contribution in [3.05, 3.63) is 437 Å². The SMILES string of the molecule is c1ccc(-c2ccc(-c3ccccc3N(c3ccc(-c4ccccc4)cc3)c3ccc(-c4cccc5c4sc4c6ccccc6n(-c6ccccc6)c54)cc3)cc2)cc1.c1ccc(-c2ccc(N(c3ccc(-c4cccc5c4sc4c6ccccc6n(-c6ccccc6)c54)cc3)c3cccc(-c4ccccc4)c3)cc2)cc1. The van der Waals surface area contributed by atoms with Gasteiger partial charge in [0.25, 0.3) is 0 Å². The summed E-state index contributed by atoms with van der Waals surface area (Å²) in [5, 5.41) is 5.14. The van der Waals surface area contributed by atoms with Crippen molar-refractivity contribution in [2.75, 3.05) is 9.80 Å². The molecule has 0 fully saturated rings. The molecule has 21 aromatic rings. The zero-order chi connectivity index (χ0) is 74.3. The molecule has 21 rings (SSSR count). The predicted octanol–water partition coefficient (Wildman–Crippen LogP) is 30.6. The molecule has 528 valence electrons. The minimum Gasteiger partial charge on any atom is -0.310 e. The molecular formula is C106H72N4S2. The van der Waals surface area contributed by atoms with Crippen LogP contribution in [-0.2, 0) is 0 Å². The number of thiophene rings is 2. The molecule has 17 aromatic carbocycles. The Hall–Kier alpha value is -14.1. The van der Waals surface area contributed by atoms with E-state index in [0.717, 1.165) is 34.1 Å². The molecule has 0 amide bonds. The molecule has 0 aliphatic heterocycles. The number of para-hydroxylation sites is 5. The Morgan fingerprint density at radius 2 is 0.464 bits per heavy atom. The lowest BCUT2D eigenvalue weighted by molar-refractivity contribution is 1.19. The molecule has 0 spiro atoms. The number of nitrogens with zero attached hydrogens (tertiary/aromatic N) is 4. The van der Waals surface area contributed by atoms with Crippen LogP contribution < -0.4 is 9.80 Å². The van der Waals surface area contributed by atoms with Gasteiger partial charge >= 0.3 is 0 Å². The van der Waals surface area contributed by atoms with Gasteiger partial charge in [0, 0.05) is 76.3 Å². The zero-order valence-corrected chi connectivity index (χ0v) is 62.8. The predicted molar refractivity (Wildman–Crippen MR) is 480 cm³/mol. The van der Waals surface area contributed by atoms with Gasteiger partial charge in [0.05, 0.1) is 37.2 Å². The molecule has 0 radical (unpaired) electrons. The van der Waals surface area contributed by atoms with Crippen LogP contribution in [0.2, 0.25) is 0 Å². The van der Waals surface area contributed by atoms with Crippen molar-refractivity contribution in [3.63, 3.8) is 0 Å². The molecule has 0 aliphatic rings. The average Bonchev–Trinajstić information content (AvgIpc) is 1.56. The van der Waals surface area contributed by atoms with Gasteiger partial charge in [-0.15, -0.1) is 22.7 Å². The van der Waals surface area contributed by atoms with Crippen molar-refractivity contribution < 1.29 is 0 Å². The molecule has 6 heteroatoms. The Labute approximate surface area is 659 Å². The van der Waals surface area contributed by atoms with Crippen molar-refractivity contribution in [2.24, 2.45) is 0 Å². The summed E-state index contributed by atoms with van der Waals surface area (Å²) in [5.41, 5.74) is 30.9. The first kappa shape index (κ1) is 67.2. The lowest BCUT2D eigenvalue weighted by atomic mass is 9.98. The quantitative estimate of drug-likeness (QED) is 0.102. The van der Waals surface area contributed by atoms with E-state index >= 15 is 0 Å². The minimum atomic E-state index is 1.10. The smallest absolute Gasteiger partial charge is 0.0727 e. The summed E-state index contributed by atoms with van der Waals surface area (Å²) in [6.45, 7) is 0. The molecule has 4 aromatic heterocycles. The van der Waals surface area contributed by atoms with Crippen LogP contribution in [0.3, 0.4) is 0 Å². The van der Waals surface area contributed by atoms with Gasteiger partial charge in [-0.05, 0) is 175 Å². The van der Waals surface area contributed by atoms with Crippen molar-refractivity contribution in [1.82, 2.24) is 9.13 Å². The van der Waals surface area contributed by atoms with Crippen molar-refractivity contribution in [1.29, 1.82) is 0 Å². The second-order valence-electron chi connectivity index (χ2n) is 28.3. The van der Waals surface area contributed by atoms with Gasteiger partial charge < -0.3 is 18.9 Å². The van der Waals surface area contributed by atoms with E-state index in [-0.39, 0.29) is 0 Å². The lowest BCUT2D eigenvalue weighted by Gasteiger charge is -2.28. The van der Waals surface area contributed by atoms with Crippen LogP contribution in [0.4, 0.5) is 34.1 Å². The molecule has 0 atom stereocenters. The van der Waals surface area contributed by atoms with Crippen LogP contribution in [0.25, 0.3) is 152 Å². The molecule has 0 aliphatic carbocycles. The van der Waals surface area contributed by atoms with Gasteiger partial charge in [-0.25, -0.2) is 0 Å². The van der Waals surface area contributed by atoms with E-state index in [4.69, 9.17) is 0 Å². The van der Waals surface area contributed by atoms with Crippen LogP contribution >= 0.6 is 22.7 Å². The van der Waals surface area contributed by atoms with Gasteiger partial charge in [-0.1, -0.05) is 334 Å². The summed E-state index contributed by atoms with van der Waals surface area (Å²) in [6.07, 6.45) is 0. The lowest BCUT2D eigenvalue weighted by Crippen LogP contribution is -2.11. The number of benzene rings is 17. The van der Waals surface area contributed by atoms with Gasteiger partial charge in [0.1, 0.15) is 0 Å². The van der Waals surface area contributed by atoms with E-state index in [1.54, 1.807) is 0 Å². The van der Waals surface area contributed by atoms with Crippen LogP contribution in [0.5, 0.6) is 0 Å². The minimum absolute atomic E-state index is 1.10. The first-order chi connectivity index (χ1) is 55.6. The summed E-state index contributed by atoms with van der Waals surface area (Å²) in [6, 6.07) is 158. The Balaban J connectivity index is 0.000000147. The average molecular weight is 1470 g/mol. The van der Waals surface area contributed by atoms with E-state index in [2.05, 4.69) is 456 Å². The van der Waals surface area contributed by atoms with Crippen molar-refractivity contribution in [3.8, 4) is 89.3 Å². The molecule has 0 N–H and O–H groups in total. The highest BCUT2D eigenvalue weighted by Gasteiger charge is 2.24. The van der Waals surface area contributed by atoms with Gasteiger partial charge in [-0.3, -0.25) is 0 Å². The molecular weight excluding hydrogens is 1390 g/mol. The van der Waals surface area contributed by atoms with E-state index in [1.807, 2.05) is 22.7 Å². The number of aromatic nitrogens is 2. The second-order valence-corrected chi connectivity index (χ2v) is 30.3. The van der Waals surface area contributed by atoms with Crippen LogP contribution in [0, 0.1) is 0 Å². The van der Waals surface area contributed by atoms with Crippen molar-refractivity contribution in [2.45, 2.75) is 0 Å². The third-order valence-corrected chi connectivity index (χ3v) is 24.2. The Morgan fingerprint density at radius 1 is 0.179 bits per heavy atom. The van der Waals surface area contributed by atoms with Gasteiger partial charge in [-0.2, -0.15) is 0 Å². The van der Waals surface area contributed by atoms with E-state index in [9.17, 15) is 0 Å². The fourth-order valence-electron chi connectivity index (χ4n) is 16.3. The summed E-state index contributed by atoms with van der Waals surface area (Å²) in [5.74, 6) is 0. The molecule has 4 nitrogen and oxygen atoms in total. The first-order valence-corrected chi connectivity index (χ1v) is 39.7. The van der Waals surface area contributed by atoms with Crippen LogP contribution in [0.1, 0.15) is 0 Å². The molecule has 0 saturated heterocycles. The number of hydrogen-bond acceptors (Lipinski definition) is 4. The summed E-state index contributed by atoms with van der Waals surface area (Å²) >= 11 is 3.80. The van der Waals surface area contributed by atoms with Crippen LogP contribution in [0.15, 0.2) is 437 Å². The Morgan fingerprint density at radius 3 is 0.893 bits per heavy atom. The van der Waals surface area contributed by atoms with Crippen LogP contribution in [-0.4, -0.2) is 9.13 Å². The third kappa shape index (κ3) is 12.5. The Kier molecular flexibility index (Phi) is 17.7. The first-order valence-electron chi connectivity index (χ1n) is 38.1. The number of anilines is 6. The maximum Gasteiger partial charge on any atom is 0.0727 e. The maximum atomic E-state index is 2.43. The number of hydrogen-bond donors (Lipinski definition) is 0. The molecule has 4 heterocycles. The van der Waals surface area contributed by atoms with Gasteiger partial charge in [0.15, 0.2) is 0 Å². The third-order valence-electron chi connectivity index (χ3n) is 21.6. The second kappa shape index (κ2) is 29.4. The molecule has 0 bridgehead atoms. The molecule has 0 saturated carbocycles. The molecule has 112 heavy (non-hydrogen) atoms. The standard InChI is InChI=1S/C56H38N2S.C50H34N2S/c1-4-15-39(16-5-1)41-27-29-43(30-28-41)48-21-10-12-25-52(48)57(46-35-31-42(32-36-46)40-17-6-2-7-18-40)47-37-33-44(34-38-47)49-23-14-24-51-54-56(59-55(49)51)50-22-11-13-26-53(50)58(54)45-19-8-3-9-20-45;1-4-14-35(15-5-1)37-26-30-41(31-27-37)51(43-21-12-18-39(34-43)36-16-6-2-7-17-36)42-32-28-38(29-33-42)44-23-13-24-46-48-50(53-49(44)46)45-22-10-11-25-47(45)52(48)40-19-8-3-9-20-40/h1-38H;1-34H. The summed E-state index contributed by atoms with van der Waals surface area (Å²) in [7, 11) is 0. The number of rotatable bonds is 15. The molecule has 0 unspecified atom stereocenters. The van der Waals surface area contributed by atoms with Gasteiger partial charge in [0.2, 0.25) is 0 Å². The topological polar surface area (TPSA) is 16.3 Å². The highest BCUT2D eigenvalue weighted by atomic mass is 32.1. The normalized spacial score (nSPS) is 11.4.